The molecule has 88 valence electrons. The number of rotatable bonds is 4. The molecular weight excluding hydrogens is 216 g/mol. The molecule has 1 aromatic heterocycles. The van der Waals surface area contributed by atoms with E-state index in [0.717, 1.165) is 19.6 Å². The number of nitrogens with zero attached hydrogens (tertiary/aromatic N) is 1. The minimum Gasteiger partial charge on any atom is -0.315 e. The standard InChI is InChI=1S/C13H20N2S/c1-11-5-7-15(8-6-11)10-13-4-3-12(16-13)9-14-2/h3-5,14H,6-10H2,1-2H3. The van der Waals surface area contributed by atoms with Crippen LogP contribution in [0.2, 0.25) is 0 Å². The molecule has 2 rings (SSSR count). The molecule has 0 radical (unpaired) electrons. The zero-order valence-corrected chi connectivity index (χ0v) is 10.9. The minimum atomic E-state index is 0.990. The Hall–Kier alpha value is -0.640. The fourth-order valence-corrected chi connectivity index (χ4v) is 3.03. The summed E-state index contributed by atoms with van der Waals surface area (Å²) in [5.74, 6) is 0. The Morgan fingerprint density at radius 1 is 1.38 bits per heavy atom. The molecule has 1 aliphatic heterocycles. The molecule has 3 heteroatoms. The van der Waals surface area contributed by atoms with Crippen molar-refractivity contribution in [1.29, 1.82) is 0 Å². The van der Waals surface area contributed by atoms with E-state index >= 15 is 0 Å². The van der Waals surface area contributed by atoms with Gasteiger partial charge in [-0.1, -0.05) is 11.6 Å². The van der Waals surface area contributed by atoms with Gasteiger partial charge in [-0.3, -0.25) is 4.90 Å². The minimum absolute atomic E-state index is 0.990. The summed E-state index contributed by atoms with van der Waals surface area (Å²) in [7, 11) is 2.00. The fourth-order valence-electron chi connectivity index (χ4n) is 1.95. The first-order chi connectivity index (χ1) is 7.78. The van der Waals surface area contributed by atoms with Crippen LogP contribution in [0.1, 0.15) is 23.1 Å². The molecule has 1 aromatic rings. The van der Waals surface area contributed by atoms with Crippen molar-refractivity contribution in [3.63, 3.8) is 0 Å². The molecule has 0 amide bonds. The lowest BCUT2D eigenvalue weighted by Crippen LogP contribution is -2.27. The SMILES string of the molecule is CNCc1ccc(CN2CC=C(C)CC2)s1. The lowest BCUT2D eigenvalue weighted by Gasteiger charge is -2.24. The van der Waals surface area contributed by atoms with Crippen LogP contribution in [0.3, 0.4) is 0 Å². The van der Waals surface area contributed by atoms with E-state index < -0.39 is 0 Å². The van der Waals surface area contributed by atoms with E-state index in [2.05, 4.69) is 35.3 Å². The molecule has 0 saturated heterocycles. The largest absolute Gasteiger partial charge is 0.315 e. The molecule has 1 N–H and O–H groups in total. The van der Waals surface area contributed by atoms with E-state index in [4.69, 9.17) is 0 Å². The molecule has 0 unspecified atom stereocenters. The van der Waals surface area contributed by atoms with E-state index in [1.807, 2.05) is 18.4 Å². The van der Waals surface area contributed by atoms with Gasteiger partial charge in [0.25, 0.3) is 0 Å². The van der Waals surface area contributed by atoms with Crippen molar-refractivity contribution in [2.75, 3.05) is 20.1 Å². The Morgan fingerprint density at radius 2 is 2.19 bits per heavy atom. The lowest BCUT2D eigenvalue weighted by molar-refractivity contribution is 0.288. The first kappa shape index (κ1) is 11.8. The van der Waals surface area contributed by atoms with Crippen molar-refractivity contribution >= 4 is 11.3 Å². The third kappa shape index (κ3) is 3.17. The molecule has 0 aliphatic carbocycles. The summed E-state index contributed by atoms with van der Waals surface area (Å²) >= 11 is 1.93. The monoisotopic (exact) mass is 236 g/mol. The number of nitrogens with one attached hydrogen (secondary N) is 1. The molecule has 0 spiro atoms. The molecular formula is C13H20N2S. The number of thiophene rings is 1. The van der Waals surface area contributed by atoms with Gasteiger partial charge in [-0.05, 0) is 32.5 Å². The number of hydrogen-bond acceptors (Lipinski definition) is 3. The maximum absolute atomic E-state index is 3.19. The predicted molar refractivity (Wildman–Crippen MR) is 70.7 cm³/mol. The Kier molecular flexibility index (Phi) is 4.16. The average molecular weight is 236 g/mol. The normalized spacial score (nSPS) is 17.5. The van der Waals surface area contributed by atoms with Gasteiger partial charge in [0, 0.05) is 35.9 Å². The number of hydrogen-bond donors (Lipinski definition) is 1. The summed E-state index contributed by atoms with van der Waals surface area (Å²) in [6, 6.07) is 4.50. The molecule has 2 nitrogen and oxygen atoms in total. The van der Waals surface area contributed by atoms with Gasteiger partial charge < -0.3 is 5.32 Å². The van der Waals surface area contributed by atoms with Crippen molar-refractivity contribution in [3.05, 3.63) is 33.5 Å². The van der Waals surface area contributed by atoms with Crippen LogP contribution in [0.5, 0.6) is 0 Å². The second-order valence-electron chi connectivity index (χ2n) is 4.43. The second kappa shape index (κ2) is 5.62. The molecule has 2 heterocycles. The van der Waals surface area contributed by atoms with Crippen LogP contribution >= 0.6 is 11.3 Å². The summed E-state index contributed by atoms with van der Waals surface area (Å²) < 4.78 is 0. The van der Waals surface area contributed by atoms with Gasteiger partial charge >= 0.3 is 0 Å². The Morgan fingerprint density at radius 3 is 2.88 bits per heavy atom. The summed E-state index contributed by atoms with van der Waals surface area (Å²) in [5.41, 5.74) is 1.54. The van der Waals surface area contributed by atoms with Crippen LogP contribution in [0.4, 0.5) is 0 Å². The molecule has 0 bridgehead atoms. The van der Waals surface area contributed by atoms with Crippen molar-refractivity contribution < 1.29 is 0 Å². The first-order valence-electron chi connectivity index (χ1n) is 5.88. The highest BCUT2D eigenvalue weighted by Gasteiger charge is 2.10. The van der Waals surface area contributed by atoms with E-state index in [-0.39, 0.29) is 0 Å². The lowest BCUT2D eigenvalue weighted by atomic mass is 10.1. The quantitative estimate of drug-likeness (QED) is 0.809. The fraction of sp³-hybridized carbons (Fsp3) is 0.538. The van der Waals surface area contributed by atoms with E-state index in [1.165, 1.54) is 22.7 Å². The van der Waals surface area contributed by atoms with Gasteiger partial charge in [-0.2, -0.15) is 0 Å². The van der Waals surface area contributed by atoms with Gasteiger partial charge in [0.2, 0.25) is 0 Å². The van der Waals surface area contributed by atoms with Gasteiger partial charge in [0.1, 0.15) is 0 Å². The average Bonchev–Trinajstić information content (AvgIpc) is 2.70. The molecule has 0 aromatic carbocycles. The second-order valence-corrected chi connectivity index (χ2v) is 5.69. The highest BCUT2D eigenvalue weighted by molar-refractivity contribution is 7.11. The molecule has 0 atom stereocenters. The Balaban J connectivity index is 1.89. The van der Waals surface area contributed by atoms with E-state index in [1.54, 1.807) is 5.57 Å². The van der Waals surface area contributed by atoms with Gasteiger partial charge in [-0.25, -0.2) is 0 Å². The van der Waals surface area contributed by atoms with Gasteiger partial charge in [0.05, 0.1) is 0 Å². The third-order valence-electron chi connectivity index (χ3n) is 2.97. The van der Waals surface area contributed by atoms with Crippen molar-refractivity contribution in [1.82, 2.24) is 10.2 Å². The molecule has 0 fully saturated rings. The van der Waals surface area contributed by atoms with Crippen LogP contribution in [-0.2, 0) is 13.1 Å². The maximum atomic E-state index is 3.19. The zero-order chi connectivity index (χ0) is 11.4. The van der Waals surface area contributed by atoms with Crippen LogP contribution in [0.15, 0.2) is 23.8 Å². The molecule has 16 heavy (non-hydrogen) atoms. The van der Waals surface area contributed by atoms with Gasteiger partial charge in [0.15, 0.2) is 0 Å². The third-order valence-corrected chi connectivity index (χ3v) is 4.04. The van der Waals surface area contributed by atoms with Crippen molar-refractivity contribution in [2.24, 2.45) is 0 Å². The summed E-state index contributed by atoms with van der Waals surface area (Å²) in [5, 5.41) is 3.19. The predicted octanol–water partition coefficient (Wildman–Crippen LogP) is 2.62. The molecule has 1 aliphatic rings. The Bertz CT molecular complexity index is 368. The van der Waals surface area contributed by atoms with Crippen LogP contribution in [0, 0.1) is 0 Å². The first-order valence-corrected chi connectivity index (χ1v) is 6.70. The van der Waals surface area contributed by atoms with E-state index in [0.29, 0.717) is 0 Å². The Labute approximate surface area is 102 Å². The van der Waals surface area contributed by atoms with Gasteiger partial charge in [-0.15, -0.1) is 11.3 Å². The van der Waals surface area contributed by atoms with Crippen LogP contribution in [-0.4, -0.2) is 25.0 Å². The highest BCUT2D eigenvalue weighted by atomic mass is 32.1. The summed E-state index contributed by atoms with van der Waals surface area (Å²) in [6.07, 6.45) is 3.58. The van der Waals surface area contributed by atoms with E-state index in [9.17, 15) is 0 Å². The van der Waals surface area contributed by atoms with Crippen molar-refractivity contribution in [2.45, 2.75) is 26.4 Å². The smallest absolute Gasteiger partial charge is 0.0331 e. The van der Waals surface area contributed by atoms with Crippen LogP contribution in [0.25, 0.3) is 0 Å². The topological polar surface area (TPSA) is 15.3 Å². The summed E-state index contributed by atoms with van der Waals surface area (Å²) in [6.45, 7) is 6.65. The van der Waals surface area contributed by atoms with Crippen LogP contribution < -0.4 is 5.32 Å². The van der Waals surface area contributed by atoms with Crippen molar-refractivity contribution in [3.8, 4) is 0 Å². The maximum Gasteiger partial charge on any atom is 0.0331 e. The highest BCUT2D eigenvalue weighted by Crippen LogP contribution is 2.20. The molecule has 0 saturated carbocycles. The summed E-state index contributed by atoms with van der Waals surface area (Å²) in [4.78, 5) is 5.43. The zero-order valence-electron chi connectivity index (χ0n) is 10.1.